The number of nitrogens with two attached hydrogens (primary N) is 1. The van der Waals surface area contributed by atoms with Crippen molar-refractivity contribution in [3.05, 3.63) is 63.3 Å². The molecule has 0 saturated carbocycles. The number of phenolic OH excluding ortho intramolecular Hbond substituents is 1. The first-order valence-corrected chi connectivity index (χ1v) is 10.6. The van der Waals surface area contributed by atoms with Gasteiger partial charge in [-0.25, -0.2) is 0 Å². The van der Waals surface area contributed by atoms with Gasteiger partial charge in [0.2, 0.25) is 0 Å². The molecule has 144 valence electrons. The highest BCUT2D eigenvalue weighted by molar-refractivity contribution is 7.17. The summed E-state index contributed by atoms with van der Waals surface area (Å²) < 4.78 is 0.695. The van der Waals surface area contributed by atoms with Gasteiger partial charge in [-0.15, -0.1) is 11.3 Å². The molecule has 0 saturated heterocycles. The summed E-state index contributed by atoms with van der Waals surface area (Å²) in [6.45, 7) is 2.75. The summed E-state index contributed by atoms with van der Waals surface area (Å²) in [5.41, 5.74) is 10.3. The summed E-state index contributed by atoms with van der Waals surface area (Å²) in [7, 11) is 0. The van der Waals surface area contributed by atoms with Crippen LogP contribution in [0.5, 0.6) is 5.75 Å². The number of aromatic amines is 1. The maximum absolute atomic E-state index is 12.6. The molecule has 5 heteroatoms. The van der Waals surface area contributed by atoms with Crippen LogP contribution in [0.1, 0.15) is 30.9 Å². The molecule has 28 heavy (non-hydrogen) atoms. The molecule has 2 aromatic carbocycles. The fourth-order valence-electron chi connectivity index (χ4n) is 3.85. The molecule has 0 radical (unpaired) electrons. The normalized spacial score (nSPS) is 11.5. The van der Waals surface area contributed by atoms with E-state index in [0.717, 1.165) is 58.7 Å². The monoisotopic (exact) mass is 392 g/mol. The third-order valence-electron chi connectivity index (χ3n) is 5.24. The smallest absolute Gasteiger partial charge is 0.266 e. The number of rotatable bonds is 6. The van der Waals surface area contributed by atoms with Crippen molar-refractivity contribution >= 4 is 32.3 Å². The maximum atomic E-state index is 12.6. The number of phenols is 1. The second-order valence-electron chi connectivity index (χ2n) is 7.14. The zero-order chi connectivity index (χ0) is 19.7. The van der Waals surface area contributed by atoms with Gasteiger partial charge in [0.1, 0.15) is 10.4 Å². The van der Waals surface area contributed by atoms with Crippen LogP contribution in [0.4, 0.5) is 0 Å². The molecule has 0 unspecified atom stereocenters. The minimum absolute atomic E-state index is 0.0646. The summed E-state index contributed by atoms with van der Waals surface area (Å²) in [4.78, 5) is 15.7. The molecular weight excluding hydrogens is 368 g/mol. The van der Waals surface area contributed by atoms with E-state index < -0.39 is 0 Å². The fourth-order valence-corrected chi connectivity index (χ4v) is 4.64. The van der Waals surface area contributed by atoms with Crippen molar-refractivity contribution in [2.45, 2.75) is 32.6 Å². The van der Waals surface area contributed by atoms with Gasteiger partial charge in [-0.1, -0.05) is 37.6 Å². The maximum Gasteiger partial charge on any atom is 0.266 e. The Bertz CT molecular complexity index is 1190. The Morgan fingerprint density at radius 3 is 2.64 bits per heavy atom. The van der Waals surface area contributed by atoms with Gasteiger partial charge < -0.3 is 15.8 Å². The van der Waals surface area contributed by atoms with E-state index in [9.17, 15) is 9.90 Å². The number of hydrogen-bond donors (Lipinski definition) is 3. The van der Waals surface area contributed by atoms with E-state index in [4.69, 9.17) is 5.73 Å². The molecule has 4 N–H and O–H groups in total. The van der Waals surface area contributed by atoms with E-state index >= 15 is 0 Å². The molecule has 4 rings (SSSR count). The standard InChI is InChI=1S/C23H24N2O2S/c1-2-3-4-16-13-18(26)19(15-7-5-14(6-8-15)9-11-24)20-17-10-12-28-22(17)23(27)25-21(16)20/h5-8,10,12-13,26H,2-4,9,11,24H2,1H3,(H,25,27). The van der Waals surface area contributed by atoms with Crippen molar-refractivity contribution in [3.63, 3.8) is 0 Å². The number of thiophene rings is 1. The van der Waals surface area contributed by atoms with Crippen molar-refractivity contribution in [1.82, 2.24) is 4.98 Å². The second-order valence-corrected chi connectivity index (χ2v) is 8.05. The lowest BCUT2D eigenvalue weighted by atomic mass is 9.92. The SMILES string of the molecule is CCCCc1cc(O)c(-c2ccc(CCN)cc2)c2c1[nH]c(=O)c1sccc12. The van der Waals surface area contributed by atoms with Crippen LogP contribution in [-0.4, -0.2) is 16.6 Å². The van der Waals surface area contributed by atoms with Gasteiger partial charge in [-0.2, -0.15) is 0 Å². The van der Waals surface area contributed by atoms with Crippen molar-refractivity contribution in [3.8, 4) is 16.9 Å². The summed E-state index contributed by atoms with van der Waals surface area (Å²) in [6.07, 6.45) is 3.70. The van der Waals surface area contributed by atoms with E-state index in [1.54, 1.807) is 0 Å². The Kier molecular flexibility index (Phi) is 5.20. The van der Waals surface area contributed by atoms with Crippen LogP contribution in [0.25, 0.3) is 32.1 Å². The van der Waals surface area contributed by atoms with E-state index in [2.05, 4.69) is 24.0 Å². The lowest BCUT2D eigenvalue weighted by Gasteiger charge is -2.15. The number of fused-ring (bicyclic) bond motifs is 3. The average Bonchev–Trinajstić information content (AvgIpc) is 3.19. The molecule has 0 aliphatic carbocycles. The molecule has 0 amide bonds. The summed E-state index contributed by atoms with van der Waals surface area (Å²) in [5, 5.41) is 14.7. The minimum atomic E-state index is -0.0646. The van der Waals surface area contributed by atoms with Crippen LogP contribution in [-0.2, 0) is 12.8 Å². The van der Waals surface area contributed by atoms with Crippen molar-refractivity contribution < 1.29 is 5.11 Å². The summed E-state index contributed by atoms with van der Waals surface area (Å²) in [6, 6.07) is 11.9. The molecule has 0 bridgehead atoms. The first-order chi connectivity index (χ1) is 13.6. The van der Waals surface area contributed by atoms with Gasteiger partial charge in [-0.3, -0.25) is 4.79 Å². The van der Waals surface area contributed by atoms with Gasteiger partial charge in [0.05, 0.1) is 5.52 Å². The first-order valence-electron chi connectivity index (χ1n) is 9.71. The predicted molar refractivity (Wildman–Crippen MR) is 118 cm³/mol. The molecule has 0 aliphatic rings. The Hall–Kier alpha value is -2.63. The quantitative estimate of drug-likeness (QED) is 0.434. The van der Waals surface area contributed by atoms with Gasteiger partial charge >= 0.3 is 0 Å². The summed E-state index contributed by atoms with van der Waals surface area (Å²) in [5.74, 6) is 0.254. The molecule has 4 nitrogen and oxygen atoms in total. The van der Waals surface area contributed by atoms with Crippen LogP contribution in [0.2, 0.25) is 0 Å². The molecular formula is C23H24N2O2S. The minimum Gasteiger partial charge on any atom is -0.507 e. The zero-order valence-electron chi connectivity index (χ0n) is 15.9. The molecule has 2 aromatic heterocycles. The number of unbranched alkanes of at least 4 members (excludes halogenated alkanes) is 1. The highest BCUT2D eigenvalue weighted by Crippen LogP contribution is 2.41. The largest absolute Gasteiger partial charge is 0.507 e. The first kappa shape index (κ1) is 18.7. The van der Waals surface area contributed by atoms with Crippen LogP contribution in [0.15, 0.2) is 46.6 Å². The van der Waals surface area contributed by atoms with Crippen LogP contribution < -0.4 is 11.3 Å². The van der Waals surface area contributed by atoms with Gasteiger partial charge in [0, 0.05) is 16.3 Å². The molecule has 0 aliphatic heterocycles. The number of aryl methyl sites for hydroxylation is 1. The summed E-state index contributed by atoms with van der Waals surface area (Å²) >= 11 is 1.43. The van der Waals surface area contributed by atoms with E-state index in [0.29, 0.717) is 11.2 Å². The Morgan fingerprint density at radius 2 is 1.93 bits per heavy atom. The molecule has 4 aromatic rings. The molecule has 2 heterocycles. The highest BCUT2D eigenvalue weighted by atomic mass is 32.1. The number of aromatic nitrogens is 1. The Balaban J connectivity index is 2.04. The highest BCUT2D eigenvalue weighted by Gasteiger charge is 2.18. The van der Waals surface area contributed by atoms with E-state index in [-0.39, 0.29) is 11.3 Å². The molecule has 0 spiro atoms. The third kappa shape index (κ3) is 3.21. The number of hydrogen-bond acceptors (Lipinski definition) is 4. The number of aromatic hydroxyl groups is 1. The van der Waals surface area contributed by atoms with Gasteiger partial charge in [0.15, 0.2) is 0 Å². The molecule has 0 atom stereocenters. The number of H-pyrrole nitrogens is 1. The fraction of sp³-hybridized carbons (Fsp3) is 0.261. The van der Waals surface area contributed by atoms with Gasteiger partial charge in [-0.05, 0) is 60.0 Å². The van der Waals surface area contributed by atoms with Crippen molar-refractivity contribution in [1.29, 1.82) is 0 Å². The van der Waals surface area contributed by atoms with Crippen LogP contribution in [0, 0.1) is 0 Å². The topological polar surface area (TPSA) is 79.1 Å². The van der Waals surface area contributed by atoms with Crippen LogP contribution in [0.3, 0.4) is 0 Å². The number of nitrogens with one attached hydrogen (secondary N) is 1. The number of benzene rings is 2. The lowest BCUT2D eigenvalue weighted by molar-refractivity contribution is 0.477. The molecule has 0 fully saturated rings. The second kappa shape index (κ2) is 7.78. The zero-order valence-corrected chi connectivity index (χ0v) is 16.7. The number of pyridine rings is 1. The van der Waals surface area contributed by atoms with Gasteiger partial charge in [0.25, 0.3) is 5.56 Å². The lowest BCUT2D eigenvalue weighted by Crippen LogP contribution is -2.07. The van der Waals surface area contributed by atoms with E-state index in [1.165, 1.54) is 16.9 Å². The Labute approximate surface area is 167 Å². The van der Waals surface area contributed by atoms with Crippen molar-refractivity contribution in [2.24, 2.45) is 5.73 Å². The Morgan fingerprint density at radius 1 is 1.14 bits per heavy atom. The third-order valence-corrected chi connectivity index (χ3v) is 6.16. The van der Waals surface area contributed by atoms with E-state index in [1.807, 2.05) is 29.6 Å². The van der Waals surface area contributed by atoms with Crippen molar-refractivity contribution in [2.75, 3.05) is 6.54 Å². The average molecular weight is 393 g/mol. The predicted octanol–water partition coefficient (Wildman–Crippen LogP) is 4.96. The van der Waals surface area contributed by atoms with Crippen LogP contribution >= 0.6 is 11.3 Å².